The fourth-order valence-electron chi connectivity index (χ4n) is 2.39. The third-order valence-corrected chi connectivity index (χ3v) is 3.78. The zero-order valence-corrected chi connectivity index (χ0v) is 12.7. The lowest BCUT2D eigenvalue weighted by molar-refractivity contribution is 0.0803. The van der Waals surface area contributed by atoms with Gasteiger partial charge in [0.15, 0.2) is 5.78 Å². The molecule has 3 nitrogen and oxygen atoms in total. The molecule has 1 aromatic rings. The number of aryl methyl sites for hydroxylation is 2. The van der Waals surface area contributed by atoms with Gasteiger partial charge in [-0.1, -0.05) is 19.9 Å². The summed E-state index contributed by atoms with van der Waals surface area (Å²) in [6.07, 6.45) is 0. The van der Waals surface area contributed by atoms with Crippen molar-refractivity contribution in [2.45, 2.75) is 34.6 Å². The first-order valence-electron chi connectivity index (χ1n) is 6.65. The molecule has 19 heavy (non-hydrogen) atoms. The van der Waals surface area contributed by atoms with E-state index in [2.05, 4.69) is 0 Å². The normalized spacial score (nSPS) is 12.6. The van der Waals surface area contributed by atoms with E-state index in [9.17, 15) is 9.90 Å². The minimum absolute atomic E-state index is 0.0325. The van der Waals surface area contributed by atoms with E-state index >= 15 is 0 Å². The van der Waals surface area contributed by atoms with Crippen molar-refractivity contribution in [3.8, 4) is 5.75 Å². The van der Waals surface area contributed by atoms with Crippen molar-refractivity contribution < 1.29 is 14.6 Å². The second-order valence-electron chi connectivity index (χ2n) is 5.44. The van der Waals surface area contributed by atoms with E-state index in [4.69, 9.17) is 4.74 Å². The Kier molecular flexibility index (Phi) is 5.12. The fraction of sp³-hybridized carbons (Fsp3) is 0.562. The van der Waals surface area contributed by atoms with E-state index in [1.165, 1.54) is 0 Å². The molecule has 0 aromatic heterocycles. The molecule has 0 aliphatic rings. The number of methoxy groups -OCH3 is 1. The van der Waals surface area contributed by atoms with Crippen molar-refractivity contribution in [3.63, 3.8) is 0 Å². The Morgan fingerprint density at radius 1 is 1.26 bits per heavy atom. The molecule has 0 saturated heterocycles. The molecule has 0 heterocycles. The summed E-state index contributed by atoms with van der Waals surface area (Å²) in [6.45, 7) is 9.63. The zero-order valence-electron chi connectivity index (χ0n) is 12.7. The summed E-state index contributed by atoms with van der Waals surface area (Å²) in [4.78, 5) is 12.6. The smallest absolute Gasteiger partial charge is 0.172 e. The SMILES string of the molecule is COc1c(C)c(C)cc(C)c1C(=O)C(CO)C(C)C. The number of ketones is 1. The van der Waals surface area contributed by atoms with Gasteiger partial charge in [0.05, 0.1) is 19.3 Å². The van der Waals surface area contributed by atoms with Crippen molar-refractivity contribution in [2.24, 2.45) is 11.8 Å². The summed E-state index contributed by atoms with van der Waals surface area (Å²) in [5.41, 5.74) is 3.61. The number of hydrogen-bond acceptors (Lipinski definition) is 3. The molecule has 0 bridgehead atoms. The molecule has 0 aliphatic carbocycles. The molecule has 1 N–H and O–H groups in total. The number of rotatable bonds is 5. The summed E-state index contributed by atoms with van der Waals surface area (Å²) < 4.78 is 5.43. The Morgan fingerprint density at radius 3 is 2.26 bits per heavy atom. The molecule has 0 saturated carbocycles. The third kappa shape index (κ3) is 2.98. The van der Waals surface area contributed by atoms with E-state index in [-0.39, 0.29) is 24.2 Å². The van der Waals surface area contributed by atoms with Gasteiger partial charge in [0, 0.05) is 5.92 Å². The minimum atomic E-state index is -0.380. The second kappa shape index (κ2) is 6.20. The van der Waals surface area contributed by atoms with Crippen LogP contribution >= 0.6 is 0 Å². The van der Waals surface area contributed by atoms with Gasteiger partial charge in [0.25, 0.3) is 0 Å². The van der Waals surface area contributed by atoms with Gasteiger partial charge in [-0.25, -0.2) is 0 Å². The average molecular weight is 264 g/mol. The molecule has 0 fully saturated rings. The molecule has 1 rings (SSSR count). The largest absolute Gasteiger partial charge is 0.496 e. The number of carbonyl (C=O) groups excluding carboxylic acids is 1. The Hall–Kier alpha value is -1.35. The lowest BCUT2D eigenvalue weighted by Crippen LogP contribution is -2.25. The Labute approximate surface area is 115 Å². The van der Waals surface area contributed by atoms with Crippen LogP contribution < -0.4 is 4.74 Å². The van der Waals surface area contributed by atoms with Gasteiger partial charge in [-0.05, 0) is 43.4 Å². The molecule has 0 radical (unpaired) electrons. The number of aliphatic hydroxyl groups excluding tert-OH is 1. The van der Waals surface area contributed by atoms with Crippen LogP contribution in [-0.4, -0.2) is 24.6 Å². The number of carbonyl (C=O) groups is 1. The van der Waals surface area contributed by atoms with Crippen LogP contribution in [0.15, 0.2) is 6.07 Å². The average Bonchev–Trinajstić information content (AvgIpc) is 2.33. The lowest BCUT2D eigenvalue weighted by atomic mass is 9.85. The molecule has 106 valence electrons. The van der Waals surface area contributed by atoms with Crippen LogP contribution in [0, 0.1) is 32.6 Å². The number of ether oxygens (including phenoxy) is 1. The van der Waals surface area contributed by atoms with Crippen molar-refractivity contribution in [2.75, 3.05) is 13.7 Å². The van der Waals surface area contributed by atoms with E-state index < -0.39 is 0 Å². The Balaban J connectivity index is 3.41. The number of Topliss-reactive ketones (excluding diaryl/α,β-unsaturated/α-hetero) is 1. The molecule has 0 aliphatic heterocycles. The van der Waals surface area contributed by atoms with Gasteiger partial charge in [0.1, 0.15) is 5.75 Å². The van der Waals surface area contributed by atoms with Gasteiger partial charge < -0.3 is 9.84 Å². The quantitative estimate of drug-likeness (QED) is 0.831. The lowest BCUT2D eigenvalue weighted by Gasteiger charge is -2.21. The highest BCUT2D eigenvalue weighted by atomic mass is 16.5. The van der Waals surface area contributed by atoms with E-state index in [0.29, 0.717) is 11.3 Å². The fourth-order valence-corrected chi connectivity index (χ4v) is 2.39. The maximum absolute atomic E-state index is 12.6. The first kappa shape index (κ1) is 15.7. The molecule has 1 atom stereocenters. The van der Waals surface area contributed by atoms with Gasteiger partial charge in [-0.2, -0.15) is 0 Å². The Bertz CT molecular complexity index is 475. The highest BCUT2D eigenvalue weighted by Gasteiger charge is 2.27. The van der Waals surface area contributed by atoms with Gasteiger partial charge in [-0.3, -0.25) is 4.79 Å². The Morgan fingerprint density at radius 2 is 1.84 bits per heavy atom. The first-order chi connectivity index (χ1) is 8.84. The maximum Gasteiger partial charge on any atom is 0.172 e. The minimum Gasteiger partial charge on any atom is -0.496 e. The van der Waals surface area contributed by atoms with Crippen LogP contribution in [0.3, 0.4) is 0 Å². The van der Waals surface area contributed by atoms with E-state index in [1.54, 1.807) is 7.11 Å². The van der Waals surface area contributed by atoms with E-state index in [0.717, 1.165) is 16.7 Å². The maximum atomic E-state index is 12.6. The summed E-state index contributed by atoms with van der Waals surface area (Å²) in [5.74, 6) is 0.328. The molecule has 1 aromatic carbocycles. The van der Waals surface area contributed by atoms with Crippen molar-refractivity contribution in [1.82, 2.24) is 0 Å². The summed E-state index contributed by atoms with van der Waals surface area (Å²) in [5, 5.41) is 9.44. The number of aliphatic hydroxyl groups is 1. The molecule has 1 unspecified atom stereocenters. The van der Waals surface area contributed by atoms with Gasteiger partial charge in [0.2, 0.25) is 0 Å². The van der Waals surface area contributed by atoms with Crippen LogP contribution in [0.5, 0.6) is 5.75 Å². The van der Waals surface area contributed by atoms with Crippen LogP contribution in [0.4, 0.5) is 0 Å². The zero-order chi connectivity index (χ0) is 14.7. The van der Waals surface area contributed by atoms with Gasteiger partial charge in [-0.15, -0.1) is 0 Å². The molecule has 3 heteroatoms. The first-order valence-corrected chi connectivity index (χ1v) is 6.65. The third-order valence-electron chi connectivity index (χ3n) is 3.78. The predicted octanol–water partition coefficient (Wildman–Crippen LogP) is 3.07. The number of hydrogen-bond donors (Lipinski definition) is 1. The monoisotopic (exact) mass is 264 g/mol. The highest BCUT2D eigenvalue weighted by molar-refractivity contribution is 6.02. The molecular weight excluding hydrogens is 240 g/mol. The highest BCUT2D eigenvalue weighted by Crippen LogP contribution is 2.32. The second-order valence-corrected chi connectivity index (χ2v) is 5.44. The van der Waals surface area contributed by atoms with Crippen molar-refractivity contribution >= 4 is 5.78 Å². The summed E-state index contributed by atoms with van der Waals surface area (Å²) in [7, 11) is 1.58. The number of benzene rings is 1. The molecular formula is C16H24O3. The van der Waals surface area contributed by atoms with Crippen LogP contribution in [0.2, 0.25) is 0 Å². The van der Waals surface area contributed by atoms with E-state index in [1.807, 2.05) is 40.7 Å². The molecule has 0 spiro atoms. The predicted molar refractivity (Wildman–Crippen MR) is 76.9 cm³/mol. The van der Waals surface area contributed by atoms with Crippen LogP contribution in [0.1, 0.15) is 40.9 Å². The van der Waals surface area contributed by atoms with Crippen molar-refractivity contribution in [3.05, 3.63) is 28.3 Å². The standard InChI is InChI=1S/C16H24O3/c1-9(2)13(8-17)15(18)14-11(4)7-10(3)12(5)16(14)19-6/h7,9,13,17H,8H2,1-6H3. The van der Waals surface area contributed by atoms with Crippen molar-refractivity contribution in [1.29, 1.82) is 0 Å². The molecule has 0 amide bonds. The van der Waals surface area contributed by atoms with Crippen LogP contribution in [-0.2, 0) is 0 Å². The summed E-state index contributed by atoms with van der Waals surface area (Å²) >= 11 is 0. The topological polar surface area (TPSA) is 46.5 Å². The summed E-state index contributed by atoms with van der Waals surface area (Å²) in [6, 6.07) is 2.00. The van der Waals surface area contributed by atoms with Crippen LogP contribution in [0.25, 0.3) is 0 Å². The van der Waals surface area contributed by atoms with Gasteiger partial charge >= 0.3 is 0 Å².